The van der Waals surface area contributed by atoms with Crippen molar-refractivity contribution >= 4 is 6.08 Å². The highest BCUT2D eigenvalue weighted by atomic mass is 13.9. The number of hydrogen-bond acceptors (Lipinski definition) is 0. The Morgan fingerprint density at radius 2 is 1.76 bits per heavy atom. The molecule has 0 aromatic heterocycles. The number of allylic oxidation sites excluding steroid dienone is 6. The summed E-state index contributed by atoms with van der Waals surface area (Å²) in [6, 6.07) is 10.3. The fourth-order valence-corrected chi connectivity index (χ4v) is 1.46. The van der Waals surface area contributed by atoms with Crippen LogP contribution in [0.1, 0.15) is 25.3 Å². The number of rotatable bonds is 6. The summed E-state index contributed by atoms with van der Waals surface area (Å²) in [4.78, 5) is 0. The van der Waals surface area contributed by atoms with Crippen LogP contribution >= 0.6 is 0 Å². The molecule has 0 saturated carbocycles. The molecule has 0 nitrogen and oxygen atoms in total. The van der Waals surface area contributed by atoms with E-state index >= 15 is 0 Å². The molecule has 1 rings (SSSR count). The van der Waals surface area contributed by atoms with Crippen LogP contribution in [0.25, 0.3) is 6.08 Å². The first-order chi connectivity index (χ1) is 8.33. The van der Waals surface area contributed by atoms with E-state index in [4.69, 9.17) is 0 Å². The number of hydrogen-bond donors (Lipinski definition) is 0. The molecular formula is C17H20. The van der Waals surface area contributed by atoms with E-state index in [-0.39, 0.29) is 0 Å². The zero-order chi connectivity index (χ0) is 12.3. The second-order valence-electron chi connectivity index (χ2n) is 3.92. The summed E-state index contributed by atoms with van der Waals surface area (Å²) >= 11 is 0. The van der Waals surface area contributed by atoms with Crippen LogP contribution in [0.5, 0.6) is 0 Å². The SMILES string of the molecule is C=C(/C=C/C=C/C=C/c1ccccc1)CCC. The van der Waals surface area contributed by atoms with Crippen molar-refractivity contribution in [2.75, 3.05) is 0 Å². The van der Waals surface area contributed by atoms with Crippen molar-refractivity contribution in [3.63, 3.8) is 0 Å². The third-order valence-electron chi connectivity index (χ3n) is 2.32. The van der Waals surface area contributed by atoms with Crippen molar-refractivity contribution in [1.82, 2.24) is 0 Å². The van der Waals surface area contributed by atoms with Crippen LogP contribution < -0.4 is 0 Å². The molecule has 0 aliphatic carbocycles. The van der Waals surface area contributed by atoms with E-state index in [2.05, 4.69) is 37.8 Å². The molecule has 0 amide bonds. The van der Waals surface area contributed by atoms with Gasteiger partial charge in [-0.3, -0.25) is 0 Å². The van der Waals surface area contributed by atoms with Gasteiger partial charge in [-0.1, -0.05) is 92.3 Å². The third kappa shape index (κ3) is 6.36. The highest BCUT2D eigenvalue weighted by Gasteiger charge is 1.82. The van der Waals surface area contributed by atoms with Gasteiger partial charge in [0.15, 0.2) is 0 Å². The van der Waals surface area contributed by atoms with E-state index in [0.29, 0.717) is 0 Å². The summed E-state index contributed by atoms with van der Waals surface area (Å²) in [5, 5.41) is 0. The molecule has 1 aromatic carbocycles. The Balaban J connectivity index is 2.36. The highest BCUT2D eigenvalue weighted by Crippen LogP contribution is 2.03. The minimum Gasteiger partial charge on any atom is -0.0958 e. The summed E-state index contributed by atoms with van der Waals surface area (Å²) in [6.07, 6.45) is 14.5. The van der Waals surface area contributed by atoms with Crippen LogP contribution in [-0.4, -0.2) is 0 Å². The molecule has 0 aliphatic heterocycles. The minimum absolute atomic E-state index is 1.07. The molecule has 88 valence electrons. The largest absolute Gasteiger partial charge is 0.0958 e. The van der Waals surface area contributed by atoms with Crippen molar-refractivity contribution in [1.29, 1.82) is 0 Å². The molecule has 0 N–H and O–H groups in total. The van der Waals surface area contributed by atoms with Crippen LogP contribution in [0.15, 0.2) is 72.9 Å². The first kappa shape index (κ1) is 13.2. The predicted octanol–water partition coefficient (Wildman–Crippen LogP) is 5.17. The van der Waals surface area contributed by atoms with Gasteiger partial charge in [0.25, 0.3) is 0 Å². The molecule has 0 heterocycles. The lowest BCUT2D eigenvalue weighted by atomic mass is 10.1. The highest BCUT2D eigenvalue weighted by molar-refractivity contribution is 5.50. The van der Waals surface area contributed by atoms with Gasteiger partial charge in [0.05, 0.1) is 0 Å². The van der Waals surface area contributed by atoms with Gasteiger partial charge in [0, 0.05) is 0 Å². The Morgan fingerprint density at radius 1 is 1.06 bits per heavy atom. The fourth-order valence-electron chi connectivity index (χ4n) is 1.46. The first-order valence-corrected chi connectivity index (χ1v) is 6.07. The van der Waals surface area contributed by atoms with Crippen molar-refractivity contribution in [3.05, 3.63) is 78.4 Å². The molecule has 0 spiro atoms. The topological polar surface area (TPSA) is 0 Å². The Hall–Kier alpha value is -1.82. The van der Waals surface area contributed by atoms with Gasteiger partial charge in [-0.25, -0.2) is 0 Å². The van der Waals surface area contributed by atoms with Gasteiger partial charge < -0.3 is 0 Å². The average Bonchev–Trinajstić information content (AvgIpc) is 2.35. The monoisotopic (exact) mass is 224 g/mol. The normalized spacial score (nSPS) is 11.8. The zero-order valence-corrected chi connectivity index (χ0v) is 10.5. The Bertz CT molecular complexity index is 405. The molecule has 0 atom stereocenters. The van der Waals surface area contributed by atoms with Crippen LogP contribution in [0, 0.1) is 0 Å². The van der Waals surface area contributed by atoms with E-state index in [1.165, 1.54) is 11.1 Å². The molecule has 0 radical (unpaired) electrons. The minimum atomic E-state index is 1.07. The molecular weight excluding hydrogens is 204 g/mol. The summed E-state index contributed by atoms with van der Waals surface area (Å²) in [5.74, 6) is 0. The summed E-state index contributed by atoms with van der Waals surface area (Å²) in [5.41, 5.74) is 2.40. The second-order valence-corrected chi connectivity index (χ2v) is 3.92. The summed E-state index contributed by atoms with van der Waals surface area (Å²) in [7, 11) is 0. The van der Waals surface area contributed by atoms with Gasteiger partial charge in [-0.05, 0) is 12.0 Å². The van der Waals surface area contributed by atoms with Crippen LogP contribution in [0.2, 0.25) is 0 Å². The van der Waals surface area contributed by atoms with Crippen molar-refractivity contribution in [2.24, 2.45) is 0 Å². The van der Waals surface area contributed by atoms with Gasteiger partial charge in [-0.2, -0.15) is 0 Å². The average molecular weight is 224 g/mol. The van der Waals surface area contributed by atoms with Crippen molar-refractivity contribution < 1.29 is 0 Å². The molecule has 0 aliphatic rings. The predicted molar refractivity (Wildman–Crippen MR) is 77.8 cm³/mol. The first-order valence-electron chi connectivity index (χ1n) is 6.07. The Morgan fingerprint density at radius 3 is 2.47 bits per heavy atom. The molecule has 17 heavy (non-hydrogen) atoms. The lowest BCUT2D eigenvalue weighted by molar-refractivity contribution is 0.930. The van der Waals surface area contributed by atoms with E-state index < -0.39 is 0 Å². The maximum Gasteiger partial charge on any atom is -0.0257 e. The van der Waals surface area contributed by atoms with E-state index in [0.717, 1.165) is 12.8 Å². The standard InChI is InChI=1S/C17H20/c1-3-11-16(2)12-7-4-5-8-13-17-14-9-6-10-15-17/h4-10,12-15H,2-3,11H2,1H3/b5-4+,12-7+,13-8+. The summed E-state index contributed by atoms with van der Waals surface area (Å²) < 4.78 is 0. The maximum absolute atomic E-state index is 3.97. The molecule has 1 aromatic rings. The van der Waals surface area contributed by atoms with Crippen LogP contribution in [0.3, 0.4) is 0 Å². The molecule has 0 bridgehead atoms. The Labute approximate surface area is 105 Å². The molecule has 0 fully saturated rings. The van der Waals surface area contributed by atoms with E-state index in [1.54, 1.807) is 0 Å². The fraction of sp³-hybridized carbons (Fsp3) is 0.176. The van der Waals surface area contributed by atoms with Gasteiger partial charge in [-0.15, -0.1) is 0 Å². The molecule has 0 unspecified atom stereocenters. The quantitative estimate of drug-likeness (QED) is 0.585. The van der Waals surface area contributed by atoms with Crippen LogP contribution in [-0.2, 0) is 0 Å². The smallest absolute Gasteiger partial charge is 0.0257 e. The van der Waals surface area contributed by atoms with E-state index in [1.807, 2.05) is 42.5 Å². The van der Waals surface area contributed by atoms with Crippen molar-refractivity contribution in [2.45, 2.75) is 19.8 Å². The Kier molecular flexibility index (Phi) is 6.50. The second kappa shape index (κ2) is 8.35. The van der Waals surface area contributed by atoms with E-state index in [9.17, 15) is 0 Å². The lowest BCUT2D eigenvalue weighted by Gasteiger charge is -1.92. The zero-order valence-electron chi connectivity index (χ0n) is 10.5. The third-order valence-corrected chi connectivity index (χ3v) is 2.32. The molecule has 0 saturated heterocycles. The molecule has 0 heteroatoms. The van der Waals surface area contributed by atoms with Gasteiger partial charge in [0.2, 0.25) is 0 Å². The lowest BCUT2D eigenvalue weighted by Crippen LogP contribution is -1.71. The van der Waals surface area contributed by atoms with Gasteiger partial charge >= 0.3 is 0 Å². The van der Waals surface area contributed by atoms with Crippen molar-refractivity contribution in [3.8, 4) is 0 Å². The maximum atomic E-state index is 3.97. The summed E-state index contributed by atoms with van der Waals surface area (Å²) in [6.45, 7) is 6.14. The number of benzene rings is 1. The van der Waals surface area contributed by atoms with Gasteiger partial charge in [0.1, 0.15) is 0 Å². The van der Waals surface area contributed by atoms with Crippen LogP contribution in [0.4, 0.5) is 0 Å².